The highest BCUT2D eigenvalue weighted by molar-refractivity contribution is 5.83. The number of likely N-dealkylation sites (tertiary alicyclic amines) is 1. The number of aliphatic carboxylic acids is 1. The average molecular weight is 313 g/mol. The molecule has 0 bridgehead atoms. The number of carboxylic acid groups (broad SMARTS) is 1. The molecule has 1 aliphatic rings. The number of carbonyl (C=O) groups excluding carboxylic acids is 1. The molecule has 10 heteroatoms. The molecule has 3 unspecified atom stereocenters. The number of amides is 2. The summed E-state index contributed by atoms with van der Waals surface area (Å²) in [6, 6.07) is -2.07. The van der Waals surface area contributed by atoms with E-state index in [-0.39, 0.29) is 18.3 Å². The van der Waals surface area contributed by atoms with Crippen molar-refractivity contribution in [1.29, 1.82) is 0 Å². The summed E-state index contributed by atoms with van der Waals surface area (Å²) in [5.74, 6) is -0.745. The topological polar surface area (TPSA) is 155 Å². The molecule has 0 aliphatic carbocycles. The third kappa shape index (κ3) is 3.52. The van der Waals surface area contributed by atoms with Crippen LogP contribution in [0.15, 0.2) is 4.52 Å². The Morgan fingerprint density at radius 3 is 2.95 bits per heavy atom. The van der Waals surface area contributed by atoms with Crippen LogP contribution in [0, 0.1) is 0 Å². The highest BCUT2D eigenvalue weighted by atomic mass is 16.5. The van der Waals surface area contributed by atoms with Gasteiger partial charge in [0.2, 0.25) is 5.89 Å². The number of rotatable bonds is 5. The molecule has 0 aromatic carbocycles. The first-order valence-corrected chi connectivity index (χ1v) is 6.93. The third-order valence-electron chi connectivity index (χ3n) is 3.49. The molecule has 1 aromatic heterocycles. The van der Waals surface area contributed by atoms with E-state index in [1.54, 1.807) is 0 Å². The highest BCUT2D eigenvalue weighted by Gasteiger charge is 2.34. The van der Waals surface area contributed by atoms with Gasteiger partial charge in [-0.3, -0.25) is 0 Å². The molecule has 2 amide bonds. The van der Waals surface area contributed by atoms with Crippen molar-refractivity contribution in [3.05, 3.63) is 11.7 Å². The van der Waals surface area contributed by atoms with Gasteiger partial charge in [0, 0.05) is 6.54 Å². The second-order valence-corrected chi connectivity index (χ2v) is 5.16. The maximum absolute atomic E-state index is 12.0. The van der Waals surface area contributed by atoms with Crippen molar-refractivity contribution in [3.8, 4) is 0 Å². The molecule has 1 aliphatic heterocycles. The number of nitrogens with zero attached hydrogens (tertiary/aromatic N) is 3. The molecule has 0 radical (unpaired) electrons. The summed E-state index contributed by atoms with van der Waals surface area (Å²) in [5, 5.41) is 24.5. The van der Waals surface area contributed by atoms with Gasteiger partial charge in [0.1, 0.15) is 6.04 Å². The van der Waals surface area contributed by atoms with Crippen LogP contribution in [0.4, 0.5) is 4.79 Å². The Labute approximate surface area is 126 Å². The van der Waals surface area contributed by atoms with Crippen LogP contribution in [0.2, 0.25) is 0 Å². The molecule has 1 fully saturated rings. The first-order chi connectivity index (χ1) is 10.4. The van der Waals surface area contributed by atoms with Gasteiger partial charge >= 0.3 is 12.0 Å². The molecule has 2 rings (SSSR count). The largest absolute Gasteiger partial charge is 0.480 e. The maximum atomic E-state index is 12.0. The van der Waals surface area contributed by atoms with E-state index in [9.17, 15) is 14.7 Å². The average Bonchev–Trinajstić information content (AvgIpc) is 3.12. The summed E-state index contributed by atoms with van der Waals surface area (Å²) in [7, 11) is 0. The quantitative estimate of drug-likeness (QED) is 0.551. The van der Waals surface area contributed by atoms with Crippen LogP contribution in [0.25, 0.3) is 0 Å². The van der Waals surface area contributed by atoms with Crippen LogP contribution < -0.4 is 11.1 Å². The van der Waals surface area contributed by atoms with Gasteiger partial charge in [0.15, 0.2) is 5.82 Å². The Hall–Kier alpha value is -2.20. The van der Waals surface area contributed by atoms with E-state index in [0.29, 0.717) is 19.4 Å². The van der Waals surface area contributed by atoms with E-state index in [1.807, 2.05) is 0 Å². The lowest BCUT2D eigenvalue weighted by molar-refractivity contribution is -0.141. The molecular formula is C12H19N5O5. The number of aromatic nitrogens is 2. The predicted molar refractivity (Wildman–Crippen MR) is 72.5 cm³/mol. The van der Waals surface area contributed by atoms with Crippen molar-refractivity contribution in [2.24, 2.45) is 5.73 Å². The van der Waals surface area contributed by atoms with Gasteiger partial charge in [-0.25, -0.2) is 9.59 Å². The Morgan fingerprint density at radius 1 is 1.59 bits per heavy atom. The Kier molecular flexibility index (Phi) is 4.93. The number of urea groups is 1. The van der Waals surface area contributed by atoms with Crippen LogP contribution in [-0.2, 0) is 11.3 Å². The van der Waals surface area contributed by atoms with E-state index >= 15 is 0 Å². The third-order valence-corrected chi connectivity index (χ3v) is 3.49. The van der Waals surface area contributed by atoms with E-state index < -0.39 is 30.2 Å². The monoisotopic (exact) mass is 313 g/mol. The normalized spacial score (nSPS) is 20.7. The number of nitrogens with two attached hydrogens (primary N) is 1. The summed E-state index contributed by atoms with van der Waals surface area (Å²) in [6.45, 7) is 1.86. The van der Waals surface area contributed by atoms with E-state index in [0.717, 1.165) is 0 Å². The van der Waals surface area contributed by atoms with Gasteiger partial charge in [0.25, 0.3) is 0 Å². The number of hydrogen-bond donors (Lipinski definition) is 4. The number of aliphatic hydroxyl groups excluding tert-OH is 1. The fourth-order valence-electron chi connectivity index (χ4n) is 2.21. The fourth-order valence-corrected chi connectivity index (χ4v) is 2.21. The SMILES string of the molecule is CC(O)C(N)c1noc(CNC(=O)N2CCCC2C(=O)O)n1. The van der Waals surface area contributed by atoms with Crippen LogP contribution >= 0.6 is 0 Å². The van der Waals surface area contributed by atoms with Crippen LogP contribution in [0.3, 0.4) is 0 Å². The lowest BCUT2D eigenvalue weighted by Crippen LogP contribution is -2.45. The minimum atomic E-state index is -1.02. The summed E-state index contributed by atoms with van der Waals surface area (Å²) in [5.41, 5.74) is 5.66. The molecule has 10 nitrogen and oxygen atoms in total. The van der Waals surface area contributed by atoms with E-state index in [1.165, 1.54) is 11.8 Å². The lowest BCUT2D eigenvalue weighted by Gasteiger charge is -2.21. The molecule has 5 N–H and O–H groups in total. The Balaban J connectivity index is 1.90. The van der Waals surface area contributed by atoms with E-state index in [2.05, 4.69) is 15.5 Å². The van der Waals surface area contributed by atoms with E-state index in [4.69, 9.17) is 15.4 Å². The molecule has 122 valence electrons. The summed E-state index contributed by atoms with van der Waals surface area (Å²) >= 11 is 0. The van der Waals surface area contributed by atoms with Crippen LogP contribution in [-0.4, -0.2) is 55.9 Å². The molecule has 22 heavy (non-hydrogen) atoms. The molecule has 0 spiro atoms. The zero-order valence-corrected chi connectivity index (χ0v) is 12.1. The zero-order valence-electron chi connectivity index (χ0n) is 12.1. The number of hydrogen-bond acceptors (Lipinski definition) is 7. The van der Waals surface area contributed by atoms with Crippen molar-refractivity contribution in [3.63, 3.8) is 0 Å². The van der Waals surface area contributed by atoms with Crippen LogP contribution in [0.5, 0.6) is 0 Å². The zero-order chi connectivity index (χ0) is 16.3. The van der Waals surface area contributed by atoms with Crippen molar-refractivity contribution in [2.45, 2.75) is 44.5 Å². The lowest BCUT2D eigenvalue weighted by atomic mass is 10.2. The molecular weight excluding hydrogens is 294 g/mol. The highest BCUT2D eigenvalue weighted by Crippen LogP contribution is 2.17. The number of carbonyl (C=O) groups is 2. The first kappa shape index (κ1) is 16.2. The van der Waals surface area contributed by atoms with Gasteiger partial charge in [-0.05, 0) is 19.8 Å². The minimum absolute atomic E-state index is 0.0405. The second kappa shape index (κ2) is 6.71. The van der Waals surface area contributed by atoms with Gasteiger partial charge in [-0.1, -0.05) is 5.16 Å². The van der Waals surface area contributed by atoms with Crippen molar-refractivity contribution < 1.29 is 24.3 Å². The molecule has 2 heterocycles. The number of nitrogens with one attached hydrogen (secondary N) is 1. The summed E-state index contributed by atoms with van der Waals surface area (Å²) in [6.07, 6.45) is 0.260. The van der Waals surface area contributed by atoms with Crippen molar-refractivity contribution in [2.75, 3.05) is 6.54 Å². The maximum Gasteiger partial charge on any atom is 0.326 e. The second-order valence-electron chi connectivity index (χ2n) is 5.16. The number of carboxylic acids is 1. The molecule has 3 atom stereocenters. The Morgan fingerprint density at radius 2 is 2.32 bits per heavy atom. The molecule has 0 saturated carbocycles. The molecule has 1 aromatic rings. The minimum Gasteiger partial charge on any atom is -0.480 e. The van der Waals surface area contributed by atoms with Gasteiger partial charge in [0.05, 0.1) is 18.7 Å². The van der Waals surface area contributed by atoms with Crippen molar-refractivity contribution in [1.82, 2.24) is 20.4 Å². The number of aliphatic hydroxyl groups is 1. The molecule has 1 saturated heterocycles. The summed E-state index contributed by atoms with van der Waals surface area (Å²) < 4.78 is 4.92. The predicted octanol–water partition coefficient (Wildman–Crippen LogP) is -0.791. The van der Waals surface area contributed by atoms with Gasteiger partial charge < -0.3 is 30.7 Å². The van der Waals surface area contributed by atoms with Crippen LogP contribution in [0.1, 0.15) is 37.5 Å². The van der Waals surface area contributed by atoms with Gasteiger partial charge in [-0.15, -0.1) is 0 Å². The van der Waals surface area contributed by atoms with Crippen molar-refractivity contribution >= 4 is 12.0 Å². The Bertz CT molecular complexity index is 546. The standard InChI is InChI=1S/C12H19N5O5/c1-6(18)9(13)10-15-8(22-16-10)5-14-12(21)17-4-2-3-7(17)11(19)20/h6-7,9,18H,2-5,13H2,1H3,(H,14,21)(H,19,20). The first-order valence-electron chi connectivity index (χ1n) is 6.93. The van der Waals surface area contributed by atoms with Gasteiger partial charge in [-0.2, -0.15) is 4.98 Å². The summed E-state index contributed by atoms with van der Waals surface area (Å²) in [4.78, 5) is 28.2. The smallest absolute Gasteiger partial charge is 0.326 e. The fraction of sp³-hybridized carbons (Fsp3) is 0.667.